The minimum atomic E-state index is -1.49. The molecule has 0 aliphatic heterocycles. The number of quaternary nitrogens is 1. The molecule has 6 heteroatoms. The van der Waals surface area contributed by atoms with E-state index in [0.29, 0.717) is 0 Å². The Bertz CT molecular complexity index is 207. The molecule has 0 aliphatic rings. The first-order valence-corrected chi connectivity index (χ1v) is 4.83. The van der Waals surface area contributed by atoms with E-state index in [0.717, 1.165) is 0 Å². The molecule has 0 bridgehead atoms. The summed E-state index contributed by atoms with van der Waals surface area (Å²) in [7, 11) is 0. The number of hydrogen-bond donors (Lipinski definition) is 4. The molecule has 0 heterocycles. The fourth-order valence-corrected chi connectivity index (χ4v) is 0.957. The van der Waals surface area contributed by atoms with Gasteiger partial charge in [0, 0.05) is 18.4 Å². The largest absolute Gasteiger partial charge is 0.627 e. The first-order chi connectivity index (χ1) is 6.86. The van der Waals surface area contributed by atoms with Crippen LogP contribution in [0.15, 0.2) is 0 Å². The summed E-state index contributed by atoms with van der Waals surface area (Å²) in [6, 6.07) is 0. The fourth-order valence-electron chi connectivity index (χ4n) is 0.957. The van der Waals surface area contributed by atoms with Crippen molar-refractivity contribution in [2.45, 2.75) is 26.4 Å². The molecular weight excluding hydrogens is 202 g/mol. The second kappa shape index (κ2) is 6.14. The van der Waals surface area contributed by atoms with E-state index in [9.17, 15) is 15.1 Å². The molecule has 4 N–H and O–H groups in total. The Balaban J connectivity index is 4.31. The van der Waals surface area contributed by atoms with Gasteiger partial charge in [-0.1, -0.05) is 13.8 Å². The van der Waals surface area contributed by atoms with Crippen molar-refractivity contribution in [3.8, 4) is 0 Å². The van der Waals surface area contributed by atoms with Gasteiger partial charge in [0.05, 0.1) is 13.2 Å². The third kappa shape index (κ3) is 4.23. The first-order valence-electron chi connectivity index (χ1n) is 4.83. The molecule has 0 radical (unpaired) electrons. The van der Waals surface area contributed by atoms with Gasteiger partial charge in [0.2, 0.25) is 0 Å². The smallest absolute Gasteiger partial charge is 0.341 e. The quantitative estimate of drug-likeness (QED) is 0.376. The van der Waals surface area contributed by atoms with E-state index in [1.165, 1.54) is 13.8 Å². The van der Waals surface area contributed by atoms with Crippen LogP contribution in [0.25, 0.3) is 0 Å². The Morgan fingerprint density at radius 3 is 2.40 bits per heavy atom. The number of aliphatic hydroxyl groups excluding tert-OH is 3. The first kappa shape index (κ1) is 14.5. The van der Waals surface area contributed by atoms with E-state index in [4.69, 9.17) is 10.2 Å². The van der Waals surface area contributed by atoms with Crippen LogP contribution < -0.4 is 5.06 Å². The zero-order valence-corrected chi connectivity index (χ0v) is 9.06. The second-order valence-electron chi connectivity index (χ2n) is 4.16. The SMILES string of the molecule is CC(C)(CO)[C@@H](O)C(=O)[NH+]([O-])CCCO. The van der Waals surface area contributed by atoms with Crippen molar-refractivity contribution in [2.24, 2.45) is 5.41 Å². The van der Waals surface area contributed by atoms with Crippen LogP contribution in [0.5, 0.6) is 0 Å². The van der Waals surface area contributed by atoms with Crippen LogP contribution in [0, 0.1) is 10.6 Å². The number of carbonyl (C=O) groups is 1. The summed E-state index contributed by atoms with van der Waals surface area (Å²) in [4.78, 5) is 11.4. The summed E-state index contributed by atoms with van der Waals surface area (Å²) in [5.41, 5.74) is -1.02. The van der Waals surface area contributed by atoms with Crippen LogP contribution in [0.4, 0.5) is 0 Å². The van der Waals surface area contributed by atoms with Crippen molar-refractivity contribution in [3.05, 3.63) is 5.21 Å². The van der Waals surface area contributed by atoms with Gasteiger partial charge in [-0.25, -0.2) is 4.79 Å². The average molecular weight is 221 g/mol. The van der Waals surface area contributed by atoms with Gasteiger partial charge in [0.25, 0.3) is 0 Å². The third-order valence-electron chi connectivity index (χ3n) is 2.23. The van der Waals surface area contributed by atoms with Crippen LogP contribution in [-0.2, 0) is 4.79 Å². The molecular formula is C9H19NO5. The maximum Gasteiger partial charge on any atom is 0.341 e. The summed E-state index contributed by atoms with van der Waals surface area (Å²) in [5.74, 6) is -0.900. The number of nitrogens with one attached hydrogen (secondary N) is 1. The van der Waals surface area contributed by atoms with Gasteiger partial charge >= 0.3 is 5.91 Å². The van der Waals surface area contributed by atoms with Gasteiger partial charge in [-0.2, -0.15) is 0 Å². The number of rotatable bonds is 6. The topological polar surface area (TPSA) is 105 Å². The summed E-state index contributed by atoms with van der Waals surface area (Å²) < 4.78 is 0. The van der Waals surface area contributed by atoms with E-state index in [-0.39, 0.29) is 26.2 Å². The summed E-state index contributed by atoms with van der Waals surface area (Å²) in [6.45, 7) is 2.36. The normalized spacial score (nSPS) is 16.1. The molecule has 0 spiro atoms. The maximum atomic E-state index is 11.4. The van der Waals surface area contributed by atoms with Crippen molar-refractivity contribution < 1.29 is 25.2 Å². The zero-order chi connectivity index (χ0) is 12.1. The van der Waals surface area contributed by atoms with Crippen LogP contribution in [0.3, 0.4) is 0 Å². The van der Waals surface area contributed by atoms with Crippen molar-refractivity contribution in [3.63, 3.8) is 0 Å². The number of hydrogen-bond acceptors (Lipinski definition) is 5. The molecule has 0 saturated heterocycles. The standard InChI is InChI=1S/C9H19NO5/c1-9(2,6-12)7(13)8(14)10(15)4-3-5-11/h7,10-13H,3-6H2,1-2H3/t7-/m0/s1. The Kier molecular flexibility index (Phi) is 5.92. The van der Waals surface area contributed by atoms with Crippen LogP contribution in [0.2, 0.25) is 0 Å². The number of amides is 1. The summed E-state index contributed by atoms with van der Waals surface area (Å²) in [5, 5.41) is 37.4. The van der Waals surface area contributed by atoms with Crippen LogP contribution in [0.1, 0.15) is 20.3 Å². The molecule has 15 heavy (non-hydrogen) atoms. The lowest BCUT2D eigenvalue weighted by molar-refractivity contribution is -0.768. The molecule has 0 saturated carbocycles. The van der Waals surface area contributed by atoms with E-state index in [2.05, 4.69) is 0 Å². The Hall–Kier alpha value is -0.530. The van der Waals surface area contributed by atoms with Gasteiger partial charge in [-0.05, 0) is 0 Å². The van der Waals surface area contributed by atoms with Crippen LogP contribution >= 0.6 is 0 Å². The number of carbonyl (C=O) groups excluding carboxylic acids is 1. The number of aliphatic hydroxyl groups is 3. The van der Waals surface area contributed by atoms with E-state index in [1.54, 1.807) is 0 Å². The van der Waals surface area contributed by atoms with Gasteiger partial charge in [-0.3, -0.25) is 0 Å². The van der Waals surface area contributed by atoms with Gasteiger partial charge < -0.3 is 25.6 Å². The molecule has 0 aromatic carbocycles. The highest BCUT2D eigenvalue weighted by Gasteiger charge is 2.36. The Morgan fingerprint density at radius 1 is 1.47 bits per heavy atom. The predicted octanol–water partition coefficient (Wildman–Crippen LogP) is -2.34. The van der Waals surface area contributed by atoms with Crippen LogP contribution in [-0.4, -0.2) is 47.1 Å². The van der Waals surface area contributed by atoms with Crippen molar-refractivity contribution in [1.82, 2.24) is 0 Å². The summed E-state index contributed by atoms with van der Waals surface area (Å²) in [6.07, 6.45) is -1.29. The Labute approximate surface area is 88.7 Å². The highest BCUT2D eigenvalue weighted by molar-refractivity contribution is 5.72. The minimum absolute atomic E-state index is 0.0755. The van der Waals surface area contributed by atoms with E-state index >= 15 is 0 Å². The fraction of sp³-hybridized carbons (Fsp3) is 0.889. The molecule has 1 unspecified atom stereocenters. The molecule has 2 atom stereocenters. The lowest BCUT2D eigenvalue weighted by atomic mass is 9.87. The average Bonchev–Trinajstić information content (AvgIpc) is 2.23. The molecule has 0 aromatic rings. The second-order valence-corrected chi connectivity index (χ2v) is 4.16. The molecule has 0 fully saturated rings. The number of hydroxylamine groups is 2. The monoisotopic (exact) mass is 221 g/mol. The molecule has 90 valence electrons. The van der Waals surface area contributed by atoms with Gasteiger partial charge in [-0.15, -0.1) is 0 Å². The summed E-state index contributed by atoms with van der Waals surface area (Å²) >= 11 is 0. The van der Waals surface area contributed by atoms with Crippen molar-refractivity contribution in [2.75, 3.05) is 19.8 Å². The molecule has 0 aliphatic carbocycles. The van der Waals surface area contributed by atoms with E-state index in [1.807, 2.05) is 0 Å². The van der Waals surface area contributed by atoms with Crippen molar-refractivity contribution >= 4 is 5.91 Å². The lowest BCUT2D eigenvalue weighted by Crippen LogP contribution is -3.11. The van der Waals surface area contributed by atoms with Gasteiger partial charge in [0.1, 0.15) is 0 Å². The highest BCUT2D eigenvalue weighted by Crippen LogP contribution is 2.18. The van der Waals surface area contributed by atoms with Crippen molar-refractivity contribution in [1.29, 1.82) is 0 Å². The minimum Gasteiger partial charge on any atom is -0.627 e. The molecule has 0 rings (SSSR count). The molecule has 0 aromatic heterocycles. The highest BCUT2D eigenvalue weighted by atomic mass is 16.5. The third-order valence-corrected chi connectivity index (χ3v) is 2.23. The molecule has 6 nitrogen and oxygen atoms in total. The van der Waals surface area contributed by atoms with E-state index < -0.39 is 22.5 Å². The zero-order valence-electron chi connectivity index (χ0n) is 9.06. The Morgan fingerprint density at radius 2 is 2.00 bits per heavy atom. The predicted molar refractivity (Wildman–Crippen MR) is 52.8 cm³/mol. The van der Waals surface area contributed by atoms with Gasteiger partial charge in [0.15, 0.2) is 6.10 Å². The maximum absolute atomic E-state index is 11.4. The lowest BCUT2D eigenvalue weighted by Gasteiger charge is -2.30. The molecule has 1 amide bonds.